The average Bonchev–Trinajstić information content (AvgIpc) is 2.59. The first-order valence-electron chi connectivity index (χ1n) is 4.89. The Hall–Kier alpha value is 0.0600. The lowest BCUT2D eigenvalue weighted by Gasteiger charge is -2.27. The zero-order valence-corrected chi connectivity index (χ0v) is 10.9. The molecule has 1 aromatic rings. The Bertz CT molecular complexity index is 317. The highest BCUT2D eigenvalue weighted by molar-refractivity contribution is 9.10. The first-order valence-corrected chi connectivity index (χ1v) is 6.50. The minimum Gasteiger partial charge on any atom is -0.376 e. The SMILES string of the molecule is Cc1sc(C(N)C2COCCO2)cc1Br. The van der Waals surface area contributed by atoms with Crippen LogP contribution in [0.4, 0.5) is 0 Å². The van der Waals surface area contributed by atoms with Gasteiger partial charge in [0.25, 0.3) is 0 Å². The van der Waals surface area contributed by atoms with Crippen LogP contribution in [-0.4, -0.2) is 25.9 Å². The lowest BCUT2D eigenvalue weighted by atomic mass is 10.1. The quantitative estimate of drug-likeness (QED) is 0.909. The van der Waals surface area contributed by atoms with E-state index in [1.165, 1.54) is 4.88 Å². The van der Waals surface area contributed by atoms with Crippen molar-refractivity contribution in [2.45, 2.75) is 19.1 Å². The third kappa shape index (κ3) is 2.60. The molecule has 0 radical (unpaired) electrons. The topological polar surface area (TPSA) is 44.5 Å². The number of halogens is 1. The fourth-order valence-electron chi connectivity index (χ4n) is 1.54. The molecule has 2 unspecified atom stereocenters. The van der Waals surface area contributed by atoms with Gasteiger partial charge in [-0.3, -0.25) is 0 Å². The van der Waals surface area contributed by atoms with Crippen molar-refractivity contribution in [2.75, 3.05) is 19.8 Å². The van der Waals surface area contributed by atoms with Gasteiger partial charge in [-0.25, -0.2) is 0 Å². The summed E-state index contributed by atoms with van der Waals surface area (Å²) in [4.78, 5) is 2.40. The number of aryl methyl sites for hydroxylation is 1. The second-order valence-corrected chi connectivity index (χ2v) is 5.71. The summed E-state index contributed by atoms with van der Waals surface area (Å²) in [5.41, 5.74) is 6.14. The molecule has 2 atom stereocenters. The van der Waals surface area contributed by atoms with Crippen LogP contribution in [0, 0.1) is 6.92 Å². The molecule has 0 bridgehead atoms. The predicted molar refractivity (Wildman–Crippen MR) is 64.2 cm³/mol. The van der Waals surface area contributed by atoms with Crippen LogP contribution in [0.3, 0.4) is 0 Å². The van der Waals surface area contributed by atoms with Gasteiger partial charge < -0.3 is 15.2 Å². The Morgan fingerprint density at radius 3 is 2.93 bits per heavy atom. The summed E-state index contributed by atoms with van der Waals surface area (Å²) < 4.78 is 12.1. The summed E-state index contributed by atoms with van der Waals surface area (Å²) in [7, 11) is 0. The number of hydrogen-bond acceptors (Lipinski definition) is 4. The number of hydrogen-bond donors (Lipinski definition) is 1. The third-order valence-electron chi connectivity index (χ3n) is 2.45. The van der Waals surface area contributed by atoms with Crippen molar-refractivity contribution in [1.29, 1.82) is 0 Å². The number of ether oxygens (including phenoxy) is 2. The summed E-state index contributed by atoms with van der Waals surface area (Å²) in [6.45, 7) is 3.99. The van der Waals surface area contributed by atoms with Crippen molar-refractivity contribution >= 4 is 27.3 Å². The molecule has 84 valence electrons. The van der Waals surface area contributed by atoms with Gasteiger partial charge >= 0.3 is 0 Å². The van der Waals surface area contributed by atoms with Crippen molar-refractivity contribution in [2.24, 2.45) is 5.73 Å². The molecule has 0 saturated carbocycles. The predicted octanol–water partition coefficient (Wildman–Crippen LogP) is 2.23. The monoisotopic (exact) mass is 291 g/mol. The Balaban J connectivity index is 2.08. The van der Waals surface area contributed by atoms with Crippen LogP contribution in [0.1, 0.15) is 15.8 Å². The molecule has 3 nitrogen and oxygen atoms in total. The zero-order valence-electron chi connectivity index (χ0n) is 8.53. The lowest BCUT2D eigenvalue weighted by molar-refractivity contribution is -0.0971. The van der Waals surface area contributed by atoms with Crippen LogP contribution in [0.25, 0.3) is 0 Å². The molecule has 2 rings (SSSR count). The molecule has 0 amide bonds. The second kappa shape index (κ2) is 4.93. The largest absolute Gasteiger partial charge is 0.376 e. The molecule has 1 saturated heterocycles. The molecule has 1 fully saturated rings. The van der Waals surface area contributed by atoms with Crippen LogP contribution in [0.2, 0.25) is 0 Å². The van der Waals surface area contributed by atoms with Gasteiger partial charge in [0.1, 0.15) is 6.10 Å². The molecular formula is C10H14BrNO2S. The first kappa shape index (κ1) is 11.5. The minimum atomic E-state index is -0.0831. The Morgan fingerprint density at radius 1 is 1.60 bits per heavy atom. The Labute approximate surface area is 102 Å². The van der Waals surface area contributed by atoms with E-state index < -0.39 is 0 Å². The van der Waals surface area contributed by atoms with Gasteiger partial charge in [0.05, 0.1) is 25.9 Å². The van der Waals surface area contributed by atoms with Gasteiger partial charge in [-0.2, -0.15) is 0 Å². The molecule has 1 aliphatic rings. The number of nitrogens with two attached hydrogens (primary N) is 1. The molecule has 0 aliphatic carbocycles. The number of rotatable bonds is 2. The highest BCUT2D eigenvalue weighted by Gasteiger charge is 2.24. The van der Waals surface area contributed by atoms with Crippen molar-refractivity contribution in [3.8, 4) is 0 Å². The van der Waals surface area contributed by atoms with E-state index in [1.807, 2.05) is 0 Å². The molecule has 0 aromatic carbocycles. The third-order valence-corrected chi connectivity index (χ3v) is 4.68. The molecule has 0 spiro atoms. The maximum Gasteiger partial charge on any atom is 0.101 e. The molecule has 1 aliphatic heterocycles. The fourth-order valence-corrected chi connectivity index (χ4v) is 3.16. The van der Waals surface area contributed by atoms with Crippen molar-refractivity contribution in [3.63, 3.8) is 0 Å². The normalized spacial score (nSPS) is 24.1. The summed E-state index contributed by atoms with van der Waals surface area (Å²) in [5.74, 6) is 0. The fraction of sp³-hybridized carbons (Fsp3) is 0.600. The summed E-state index contributed by atoms with van der Waals surface area (Å²) in [6, 6.07) is 1.99. The van der Waals surface area contributed by atoms with Crippen molar-refractivity contribution in [1.82, 2.24) is 0 Å². The molecule has 15 heavy (non-hydrogen) atoms. The summed E-state index contributed by atoms with van der Waals surface area (Å²) in [6.07, 6.45) is -0.0105. The maximum atomic E-state index is 6.14. The van der Waals surface area contributed by atoms with Gasteiger partial charge in [0.2, 0.25) is 0 Å². The van der Waals surface area contributed by atoms with E-state index in [9.17, 15) is 0 Å². The van der Waals surface area contributed by atoms with E-state index in [2.05, 4.69) is 28.9 Å². The highest BCUT2D eigenvalue weighted by atomic mass is 79.9. The molecule has 2 N–H and O–H groups in total. The van der Waals surface area contributed by atoms with Gasteiger partial charge in [-0.15, -0.1) is 11.3 Å². The van der Waals surface area contributed by atoms with E-state index in [4.69, 9.17) is 15.2 Å². The Morgan fingerprint density at radius 2 is 2.40 bits per heavy atom. The smallest absolute Gasteiger partial charge is 0.101 e. The van der Waals surface area contributed by atoms with E-state index in [0.29, 0.717) is 19.8 Å². The standard InChI is InChI=1S/C10H14BrNO2S/c1-6-7(11)4-9(15-6)10(12)8-5-13-2-3-14-8/h4,8,10H,2-3,5,12H2,1H3. The first-order chi connectivity index (χ1) is 7.18. The molecule has 2 heterocycles. The Kier molecular flexibility index (Phi) is 3.79. The number of thiophene rings is 1. The summed E-state index contributed by atoms with van der Waals surface area (Å²) >= 11 is 5.20. The zero-order chi connectivity index (χ0) is 10.8. The van der Waals surface area contributed by atoms with Crippen LogP contribution in [0.15, 0.2) is 10.5 Å². The lowest BCUT2D eigenvalue weighted by Crippen LogP contribution is -2.37. The van der Waals surface area contributed by atoms with Crippen LogP contribution >= 0.6 is 27.3 Å². The van der Waals surface area contributed by atoms with E-state index in [-0.39, 0.29) is 12.1 Å². The van der Waals surface area contributed by atoms with E-state index in [1.54, 1.807) is 11.3 Å². The maximum absolute atomic E-state index is 6.14. The second-order valence-electron chi connectivity index (χ2n) is 3.56. The molecular weight excluding hydrogens is 278 g/mol. The molecule has 5 heteroatoms. The van der Waals surface area contributed by atoms with Gasteiger partial charge in [-0.05, 0) is 28.9 Å². The van der Waals surface area contributed by atoms with E-state index >= 15 is 0 Å². The van der Waals surface area contributed by atoms with Crippen LogP contribution < -0.4 is 5.73 Å². The van der Waals surface area contributed by atoms with Crippen molar-refractivity contribution in [3.05, 3.63) is 20.3 Å². The van der Waals surface area contributed by atoms with Gasteiger partial charge in [0.15, 0.2) is 0 Å². The van der Waals surface area contributed by atoms with Gasteiger partial charge in [-0.1, -0.05) is 0 Å². The van der Waals surface area contributed by atoms with Crippen molar-refractivity contribution < 1.29 is 9.47 Å². The molecule has 1 aromatic heterocycles. The average molecular weight is 292 g/mol. The van der Waals surface area contributed by atoms with Gasteiger partial charge in [0, 0.05) is 14.2 Å². The van der Waals surface area contributed by atoms with Crippen LogP contribution in [-0.2, 0) is 9.47 Å². The summed E-state index contributed by atoms with van der Waals surface area (Å²) in [5, 5.41) is 0. The highest BCUT2D eigenvalue weighted by Crippen LogP contribution is 2.32. The van der Waals surface area contributed by atoms with E-state index in [0.717, 1.165) is 9.35 Å². The van der Waals surface area contributed by atoms with Crippen LogP contribution in [0.5, 0.6) is 0 Å². The minimum absolute atomic E-state index is 0.0105.